The van der Waals surface area contributed by atoms with Gasteiger partial charge >= 0.3 is 0 Å². The number of carbonyl (C=O) groups excluding carboxylic acids is 1. The Morgan fingerprint density at radius 3 is 2.94 bits per heavy atom. The lowest BCUT2D eigenvalue weighted by atomic mass is 10.0. The minimum atomic E-state index is -0.292. The van der Waals surface area contributed by atoms with Crippen LogP contribution >= 0.6 is 39.3 Å². The van der Waals surface area contributed by atoms with E-state index in [9.17, 15) is 4.79 Å². The summed E-state index contributed by atoms with van der Waals surface area (Å²) in [7, 11) is 0. The molecular weight excluding hydrogens is 322 g/mol. The van der Waals surface area contributed by atoms with Crippen LogP contribution in [-0.4, -0.2) is 16.4 Å². The van der Waals surface area contributed by atoms with Gasteiger partial charge in [-0.3, -0.25) is 4.79 Å². The Bertz CT molecular complexity index is 446. The predicted octanol–water partition coefficient (Wildman–Crippen LogP) is 4.33. The molecule has 1 aliphatic rings. The van der Waals surface area contributed by atoms with Crippen LogP contribution in [0.4, 0.5) is 5.69 Å². The molecule has 1 aromatic carbocycles. The Morgan fingerprint density at radius 1 is 1.59 bits per heavy atom. The van der Waals surface area contributed by atoms with E-state index in [1.54, 1.807) is 17.8 Å². The SMILES string of the molecule is CC1(C(=O)Nc2ccc(Br)c(Cl)c2)CCCS1. The second kappa shape index (κ2) is 5.21. The minimum absolute atomic E-state index is 0.0680. The van der Waals surface area contributed by atoms with Crippen LogP contribution in [0.5, 0.6) is 0 Å². The number of hydrogen-bond donors (Lipinski definition) is 1. The van der Waals surface area contributed by atoms with Gasteiger partial charge in [-0.05, 0) is 59.6 Å². The van der Waals surface area contributed by atoms with Gasteiger partial charge in [0, 0.05) is 10.2 Å². The number of benzene rings is 1. The number of rotatable bonds is 2. The Balaban J connectivity index is 2.10. The standard InChI is InChI=1S/C12H13BrClNOS/c1-12(5-2-6-17-12)11(16)15-8-3-4-9(13)10(14)7-8/h3-4,7H,2,5-6H2,1H3,(H,15,16). The van der Waals surface area contributed by atoms with Gasteiger partial charge in [-0.25, -0.2) is 0 Å². The van der Waals surface area contributed by atoms with Crippen molar-refractivity contribution in [1.29, 1.82) is 0 Å². The number of amides is 1. The smallest absolute Gasteiger partial charge is 0.240 e. The van der Waals surface area contributed by atoms with E-state index in [0.717, 1.165) is 28.8 Å². The molecule has 1 unspecified atom stereocenters. The molecule has 17 heavy (non-hydrogen) atoms. The number of thioether (sulfide) groups is 1. The van der Waals surface area contributed by atoms with Gasteiger partial charge in [-0.2, -0.15) is 0 Å². The van der Waals surface area contributed by atoms with E-state index in [0.29, 0.717) is 5.02 Å². The van der Waals surface area contributed by atoms with Crippen molar-refractivity contribution in [3.05, 3.63) is 27.7 Å². The first-order valence-electron chi connectivity index (χ1n) is 5.42. The topological polar surface area (TPSA) is 29.1 Å². The fourth-order valence-electron chi connectivity index (χ4n) is 1.80. The van der Waals surface area contributed by atoms with Gasteiger partial charge in [0.25, 0.3) is 0 Å². The normalized spacial score (nSPS) is 23.7. The second-order valence-corrected chi connectivity index (χ2v) is 7.13. The molecule has 0 saturated carbocycles. The maximum Gasteiger partial charge on any atom is 0.240 e. The van der Waals surface area contributed by atoms with E-state index in [1.165, 1.54) is 0 Å². The molecule has 1 N–H and O–H groups in total. The van der Waals surface area contributed by atoms with E-state index >= 15 is 0 Å². The average molecular weight is 335 g/mol. The Morgan fingerprint density at radius 2 is 2.35 bits per heavy atom. The van der Waals surface area contributed by atoms with E-state index in [1.807, 2.05) is 19.1 Å². The highest BCUT2D eigenvalue weighted by molar-refractivity contribution is 9.10. The average Bonchev–Trinajstić information content (AvgIpc) is 2.72. The summed E-state index contributed by atoms with van der Waals surface area (Å²) in [4.78, 5) is 12.1. The predicted molar refractivity (Wildman–Crippen MR) is 77.9 cm³/mol. The third kappa shape index (κ3) is 2.98. The number of anilines is 1. The summed E-state index contributed by atoms with van der Waals surface area (Å²) in [5, 5.41) is 3.53. The lowest BCUT2D eigenvalue weighted by Gasteiger charge is -2.21. The highest BCUT2D eigenvalue weighted by atomic mass is 79.9. The minimum Gasteiger partial charge on any atom is -0.325 e. The van der Waals surface area contributed by atoms with Crippen molar-refractivity contribution in [1.82, 2.24) is 0 Å². The monoisotopic (exact) mass is 333 g/mol. The molecule has 2 nitrogen and oxygen atoms in total. The van der Waals surface area contributed by atoms with Crippen molar-refractivity contribution < 1.29 is 4.79 Å². The first kappa shape index (κ1) is 13.2. The zero-order chi connectivity index (χ0) is 12.5. The zero-order valence-electron chi connectivity index (χ0n) is 9.43. The lowest BCUT2D eigenvalue weighted by molar-refractivity contribution is -0.118. The summed E-state index contributed by atoms with van der Waals surface area (Å²) in [5.41, 5.74) is 0.747. The Hall–Kier alpha value is -0.190. The van der Waals surface area contributed by atoms with Crippen LogP contribution < -0.4 is 5.32 Å². The van der Waals surface area contributed by atoms with Gasteiger partial charge in [-0.1, -0.05) is 11.6 Å². The summed E-state index contributed by atoms with van der Waals surface area (Å²) >= 11 is 11.0. The summed E-state index contributed by atoms with van der Waals surface area (Å²) in [6.45, 7) is 2.00. The van der Waals surface area contributed by atoms with Gasteiger partial charge in [-0.15, -0.1) is 11.8 Å². The van der Waals surface area contributed by atoms with Crippen molar-refractivity contribution in [2.24, 2.45) is 0 Å². The van der Waals surface area contributed by atoms with Gasteiger partial charge in [0.15, 0.2) is 0 Å². The summed E-state index contributed by atoms with van der Waals surface area (Å²) in [6.07, 6.45) is 2.05. The van der Waals surface area contributed by atoms with Crippen LogP contribution in [0.1, 0.15) is 19.8 Å². The second-order valence-electron chi connectivity index (χ2n) is 4.27. The maximum atomic E-state index is 12.1. The molecule has 0 spiro atoms. The molecule has 2 rings (SSSR count). The van der Waals surface area contributed by atoms with Crippen LogP contribution in [0, 0.1) is 0 Å². The van der Waals surface area contributed by atoms with Crippen LogP contribution in [0.25, 0.3) is 0 Å². The number of hydrogen-bond acceptors (Lipinski definition) is 2. The maximum absolute atomic E-state index is 12.1. The van der Waals surface area contributed by atoms with Crippen molar-refractivity contribution in [2.75, 3.05) is 11.1 Å². The molecule has 0 radical (unpaired) electrons. The molecule has 0 aromatic heterocycles. The van der Waals surface area contributed by atoms with E-state index in [4.69, 9.17) is 11.6 Å². The molecule has 0 aliphatic carbocycles. The molecule has 1 aromatic rings. The fourth-order valence-corrected chi connectivity index (χ4v) is 3.43. The van der Waals surface area contributed by atoms with E-state index in [2.05, 4.69) is 21.2 Å². The van der Waals surface area contributed by atoms with Crippen molar-refractivity contribution in [3.63, 3.8) is 0 Å². The molecular formula is C12H13BrClNOS. The van der Waals surface area contributed by atoms with Gasteiger partial charge < -0.3 is 5.32 Å². The molecule has 1 amide bonds. The first-order chi connectivity index (χ1) is 8.01. The molecule has 92 valence electrons. The lowest BCUT2D eigenvalue weighted by Crippen LogP contribution is -2.34. The largest absolute Gasteiger partial charge is 0.325 e. The Labute approximate surface area is 119 Å². The molecule has 1 heterocycles. The van der Waals surface area contributed by atoms with Gasteiger partial charge in [0.1, 0.15) is 0 Å². The van der Waals surface area contributed by atoms with Gasteiger partial charge in [0.05, 0.1) is 9.77 Å². The molecule has 1 fully saturated rings. The highest BCUT2D eigenvalue weighted by Gasteiger charge is 2.37. The van der Waals surface area contributed by atoms with Crippen LogP contribution in [0.3, 0.4) is 0 Å². The highest BCUT2D eigenvalue weighted by Crippen LogP contribution is 2.38. The third-order valence-corrected chi connectivity index (χ3v) is 5.63. The molecule has 1 atom stereocenters. The summed E-state index contributed by atoms with van der Waals surface area (Å²) in [6, 6.07) is 5.44. The van der Waals surface area contributed by atoms with Gasteiger partial charge in [0.2, 0.25) is 5.91 Å². The van der Waals surface area contributed by atoms with Crippen molar-refractivity contribution in [2.45, 2.75) is 24.5 Å². The van der Waals surface area contributed by atoms with Crippen LogP contribution in [0.15, 0.2) is 22.7 Å². The number of halogens is 2. The summed E-state index contributed by atoms with van der Waals surface area (Å²) < 4.78 is 0.540. The molecule has 0 bridgehead atoms. The summed E-state index contributed by atoms with van der Waals surface area (Å²) in [5.74, 6) is 1.13. The zero-order valence-corrected chi connectivity index (χ0v) is 12.6. The molecule has 1 saturated heterocycles. The fraction of sp³-hybridized carbons (Fsp3) is 0.417. The molecule has 5 heteroatoms. The van der Waals surface area contributed by atoms with E-state index < -0.39 is 0 Å². The molecule has 1 aliphatic heterocycles. The van der Waals surface area contributed by atoms with Crippen LogP contribution in [0.2, 0.25) is 5.02 Å². The van der Waals surface area contributed by atoms with Crippen molar-refractivity contribution in [3.8, 4) is 0 Å². The number of nitrogens with one attached hydrogen (secondary N) is 1. The van der Waals surface area contributed by atoms with E-state index in [-0.39, 0.29) is 10.7 Å². The Kier molecular flexibility index (Phi) is 4.06. The third-order valence-electron chi connectivity index (χ3n) is 2.88. The quantitative estimate of drug-likeness (QED) is 0.872. The first-order valence-corrected chi connectivity index (χ1v) is 7.57. The van der Waals surface area contributed by atoms with Crippen molar-refractivity contribution >= 4 is 50.9 Å². The van der Waals surface area contributed by atoms with Crippen LogP contribution in [-0.2, 0) is 4.79 Å². The number of carbonyl (C=O) groups is 1.